The maximum absolute atomic E-state index is 12.4. The second-order valence-corrected chi connectivity index (χ2v) is 6.73. The molecule has 0 heterocycles. The molecule has 0 amide bonds. The average Bonchev–Trinajstić information content (AvgIpc) is 3.20. The van der Waals surface area contributed by atoms with E-state index in [2.05, 4.69) is 11.8 Å². The molecule has 0 radical (unpaired) electrons. The van der Waals surface area contributed by atoms with Crippen LogP contribution >= 0.6 is 0 Å². The van der Waals surface area contributed by atoms with Gasteiger partial charge in [-0.3, -0.25) is 0 Å². The van der Waals surface area contributed by atoms with Crippen LogP contribution in [-0.2, 0) is 10.0 Å². The van der Waals surface area contributed by atoms with E-state index in [9.17, 15) is 8.42 Å². The zero-order chi connectivity index (χ0) is 14.0. The van der Waals surface area contributed by atoms with Gasteiger partial charge in [0, 0.05) is 18.7 Å². The molecule has 2 N–H and O–H groups in total. The summed E-state index contributed by atoms with van der Waals surface area (Å²) in [6, 6.07) is 5.20. The largest absolute Gasteiger partial charge is 0.320 e. The highest BCUT2D eigenvalue weighted by atomic mass is 32.2. The van der Waals surface area contributed by atoms with Crippen LogP contribution in [0.25, 0.3) is 0 Å². The van der Waals surface area contributed by atoms with Crippen molar-refractivity contribution >= 4 is 10.0 Å². The molecule has 1 aliphatic rings. The van der Waals surface area contributed by atoms with Crippen molar-refractivity contribution in [3.05, 3.63) is 29.3 Å². The Morgan fingerprint density at radius 2 is 2.11 bits per heavy atom. The lowest BCUT2D eigenvalue weighted by Crippen LogP contribution is -2.29. The molecule has 0 aliphatic heterocycles. The molecule has 2 rings (SSSR count). The van der Waals surface area contributed by atoms with E-state index in [1.54, 1.807) is 25.2 Å². The molecular weight excluding hydrogens is 260 g/mol. The molecule has 19 heavy (non-hydrogen) atoms. The molecular formula is C14H18N2O2S. The third kappa shape index (κ3) is 2.98. The Morgan fingerprint density at radius 3 is 2.63 bits per heavy atom. The second-order valence-electron chi connectivity index (χ2n) is 4.74. The van der Waals surface area contributed by atoms with Crippen molar-refractivity contribution < 1.29 is 8.42 Å². The first-order valence-corrected chi connectivity index (χ1v) is 7.68. The van der Waals surface area contributed by atoms with Crippen LogP contribution in [-0.4, -0.2) is 32.4 Å². The molecule has 0 bridgehead atoms. The number of nitrogens with zero attached hydrogens (tertiary/aromatic N) is 1. The van der Waals surface area contributed by atoms with Crippen molar-refractivity contribution in [2.45, 2.75) is 30.7 Å². The van der Waals surface area contributed by atoms with Gasteiger partial charge in [-0.25, -0.2) is 8.42 Å². The van der Waals surface area contributed by atoms with Gasteiger partial charge in [-0.15, -0.1) is 0 Å². The molecule has 1 aromatic rings. The molecule has 1 aliphatic carbocycles. The normalized spacial score (nSPS) is 15.2. The fourth-order valence-electron chi connectivity index (χ4n) is 1.88. The van der Waals surface area contributed by atoms with Crippen LogP contribution < -0.4 is 5.73 Å². The Bertz CT molecular complexity index is 637. The van der Waals surface area contributed by atoms with Crippen molar-refractivity contribution in [1.29, 1.82) is 0 Å². The number of benzene rings is 1. The highest BCUT2D eigenvalue weighted by molar-refractivity contribution is 7.89. The summed E-state index contributed by atoms with van der Waals surface area (Å²) in [7, 11) is -1.73. The van der Waals surface area contributed by atoms with Gasteiger partial charge in [-0.2, -0.15) is 4.31 Å². The lowest BCUT2D eigenvalue weighted by Gasteiger charge is -2.16. The van der Waals surface area contributed by atoms with Gasteiger partial charge >= 0.3 is 0 Å². The highest BCUT2D eigenvalue weighted by Crippen LogP contribution is 2.30. The smallest absolute Gasteiger partial charge is 0.243 e. The molecule has 0 aromatic heterocycles. The van der Waals surface area contributed by atoms with Crippen molar-refractivity contribution in [3.63, 3.8) is 0 Å². The fraction of sp³-hybridized carbons (Fsp3) is 0.429. The lowest BCUT2D eigenvalue weighted by molar-refractivity contribution is 0.464. The maximum Gasteiger partial charge on any atom is 0.243 e. The standard InChI is InChI=1S/C14H18N2O2S/c1-11-10-14(8-5-12(11)4-3-9-15)19(17,18)16(2)13-6-7-13/h5,8,10,13H,6-7,9,15H2,1-2H3. The van der Waals surface area contributed by atoms with E-state index < -0.39 is 10.0 Å². The van der Waals surface area contributed by atoms with Crippen LogP contribution in [0.4, 0.5) is 0 Å². The van der Waals surface area contributed by atoms with Gasteiger partial charge in [-0.1, -0.05) is 11.8 Å². The number of aryl methyl sites for hydroxylation is 1. The zero-order valence-corrected chi connectivity index (χ0v) is 12.0. The molecule has 102 valence electrons. The maximum atomic E-state index is 12.4. The Labute approximate surface area is 114 Å². The summed E-state index contributed by atoms with van der Waals surface area (Å²) < 4.78 is 26.2. The second kappa shape index (κ2) is 5.33. The Kier molecular flexibility index (Phi) is 3.95. The summed E-state index contributed by atoms with van der Waals surface area (Å²) in [6.07, 6.45) is 1.91. The van der Waals surface area contributed by atoms with Gasteiger partial charge in [0.25, 0.3) is 0 Å². The summed E-state index contributed by atoms with van der Waals surface area (Å²) in [4.78, 5) is 0.331. The van der Waals surface area contributed by atoms with E-state index in [1.807, 2.05) is 6.92 Å². The van der Waals surface area contributed by atoms with Crippen LogP contribution in [0, 0.1) is 18.8 Å². The highest BCUT2D eigenvalue weighted by Gasteiger charge is 2.35. The van der Waals surface area contributed by atoms with Crippen LogP contribution in [0.5, 0.6) is 0 Å². The molecule has 0 atom stereocenters. The minimum absolute atomic E-state index is 0.169. The molecule has 0 unspecified atom stereocenters. The van der Waals surface area contributed by atoms with E-state index in [-0.39, 0.29) is 6.04 Å². The molecule has 1 fully saturated rings. The Morgan fingerprint density at radius 1 is 1.42 bits per heavy atom. The van der Waals surface area contributed by atoms with Crippen LogP contribution in [0.2, 0.25) is 0 Å². The summed E-state index contributed by atoms with van der Waals surface area (Å²) in [5.41, 5.74) is 7.00. The van der Waals surface area contributed by atoms with Crippen molar-refractivity contribution in [2.75, 3.05) is 13.6 Å². The SMILES string of the molecule is Cc1cc(S(=O)(=O)N(C)C2CC2)ccc1C#CCN. The van der Waals surface area contributed by atoms with Crippen LogP contribution in [0.15, 0.2) is 23.1 Å². The van der Waals surface area contributed by atoms with Gasteiger partial charge in [0.1, 0.15) is 0 Å². The summed E-state index contributed by atoms with van der Waals surface area (Å²) in [5.74, 6) is 5.70. The molecule has 1 aromatic carbocycles. The monoisotopic (exact) mass is 278 g/mol. The molecule has 0 saturated heterocycles. The van der Waals surface area contributed by atoms with E-state index in [0.29, 0.717) is 11.4 Å². The zero-order valence-electron chi connectivity index (χ0n) is 11.2. The molecule has 0 spiro atoms. The number of rotatable bonds is 3. The van der Waals surface area contributed by atoms with Gasteiger partial charge < -0.3 is 5.73 Å². The van der Waals surface area contributed by atoms with Crippen molar-refractivity contribution in [2.24, 2.45) is 5.73 Å². The predicted molar refractivity (Wildman–Crippen MR) is 75.1 cm³/mol. The minimum Gasteiger partial charge on any atom is -0.320 e. The first-order chi connectivity index (χ1) is 8.96. The third-order valence-corrected chi connectivity index (χ3v) is 5.17. The van der Waals surface area contributed by atoms with Crippen molar-refractivity contribution in [3.8, 4) is 11.8 Å². The van der Waals surface area contributed by atoms with Crippen molar-refractivity contribution in [1.82, 2.24) is 4.31 Å². The topological polar surface area (TPSA) is 63.4 Å². The van der Waals surface area contributed by atoms with Crippen LogP contribution in [0.1, 0.15) is 24.0 Å². The lowest BCUT2D eigenvalue weighted by atomic mass is 10.1. The summed E-state index contributed by atoms with van der Waals surface area (Å²) >= 11 is 0. The molecule has 1 saturated carbocycles. The Hall–Kier alpha value is -1.35. The van der Waals surface area contributed by atoms with E-state index in [4.69, 9.17) is 5.73 Å². The van der Waals surface area contributed by atoms with Gasteiger partial charge in [-0.05, 0) is 43.5 Å². The van der Waals surface area contributed by atoms with Gasteiger partial charge in [0.15, 0.2) is 0 Å². The first kappa shape index (κ1) is 14.1. The molecule has 5 heteroatoms. The number of sulfonamides is 1. The average molecular weight is 278 g/mol. The van der Waals surface area contributed by atoms with Gasteiger partial charge in [0.05, 0.1) is 11.4 Å². The predicted octanol–water partition coefficient (Wildman–Crippen LogP) is 1.09. The minimum atomic E-state index is -3.38. The van der Waals surface area contributed by atoms with Gasteiger partial charge in [0.2, 0.25) is 10.0 Å². The number of nitrogens with two attached hydrogens (primary N) is 1. The summed E-state index contributed by atoms with van der Waals surface area (Å²) in [6.45, 7) is 2.15. The quantitative estimate of drug-likeness (QED) is 0.842. The Balaban J connectivity index is 2.33. The van der Waals surface area contributed by atoms with E-state index >= 15 is 0 Å². The third-order valence-electron chi connectivity index (χ3n) is 3.26. The first-order valence-electron chi connectivity index (χ1n) is 6.24. The van der Waals surface area contributed by atoms with E-state index in [1.165, 1.54) is 4.31 Å². The van der Waals surface area contributed by atoms with Crippen LogP contribution in [0.3, 0.4) is 0 Å². The number of hydrogen-bond donors (Lipinski definition) is 1. The van der Waals surface area contributed by atoms with E-state index in [0.717, 1.165) is 24.0 Å². The number of hydrogen-bond acceptors (Lipinski definition) is 3. The fourth-order valence-corrected chi connectivity index (χ4v) is 3.39. The summed E-state index contributed by atoms with van der Waals surface area (Å²) in [5, 5.41) is 0. The molecule has 4 nitrogen and oxygen atoms in total.